The van der Waals surface area contributed by atoms with Crippen molar-refractivity contribution < 1.29 is 19.5 Å². The van der Waals surface area contributed by atoms with Crippen LogP contribution in [0, 0.1) is 0 Å². The summed E-state index contributed by atoms with van der Waals surface area (Å²) in [7, 11) is 0. The van der Waals surface area contributed by atoms with Gasteiger partial charge in [-0.2, -0.15) is 0 Å². The molecule has 1 aromatic rings. The molecular weight excluding hydrogens is 296 g/mol. The van der Waals surface area contributed by atoms with Crippen LogP contribution in [0.4, 0.5) is 0 Å². The topological polar surface area (TPSA) is 95.5 Å². The minimum absolute atomic E-state index is 0.312. The highest BCUT2D eigenvalue weighted by Crippen LogP contribution is 2.06. The third-order valence-corrected chi connectivity index (χ3v) is 3.44. The van der Waals surface area contributed by atoms with Crippen molar-refractivity contribution in [3.8, 4) is 0 Å². The van der Waals surface area contributed by atoms with Crippen LogP contribution in [0.25, 0.3) is 0 Å². The first kappa shape index (κ1) is 18.7. The molecule has 3 N–H and O–H groups in total. The SMILES string of the molecule is CCCC[C@@H](NC(=O)[C@H](Cc1ccccc1)NC(C)=O)C(=O)O. The first-order valence-electron chi connectivity index (χ1n) is 7.78. The molecule has 0 aromatic heterocycles. The van der Waals surface area contributed by atoms with Gasteiger partial charge in [0.1, 0.15) is 12.1 Å². The standard InChI is InChI=1S/C17H24N2O4/c1-3-4-10-14(17(22)23)19-16(21)15(18-12(2)20)11-13-8-6-5-7-9-13/h5-9,14-15H,3-4,10-11H2,1-2H3,(H,18,20)(H,19,21)(H,22,23)/t14-,15+/m1/s1. The van der Waals surface area contributed by atoms with Crippen molar-refractivity contribution in [1.82, 2.24) is 10.6 Å². The van der Waals surface area contributed by atoms with Gasteiger partial charge in [-0.15, -0.1) is 0 Å². The van der Waals surface area contributed by atoms with E-state index in [1.54, 1.807) is 0 Å². The molecule has 23 heavy (non-hydrogen) atoms. The number of hydrogen-bond acceptors (Lipinski definition) is 3. The van der Waals surface area contributed by atoms with E-state index < -0.39 is 24.0 Å². The predicted octanol–water partition coefficient (Wildman–Crippen LogP) is 1.49. The molecule has 1 rings (SSSR count). The first-order chi connectivity index (χ1) is 10.9. The summed E-state index contributed by atoms with van der Waals surface area (Å²) in [6.07, 6.45) is 2.24. The minimum atomic E-state index is -1.06. The third kappa shape index (κ3) is 6.95. The second-order valence-corrected chi connectivity index (χ2v) is 5.48. The minimum Gasteiger partial charge on any atom is -0.480 e. The van der Waals surface area contributed by atoms with Crippen molar-refractivity contribution in [2.45, 2.75) is 51.6 Å². The van der Waals surface area contributed by atoms with Gasteiger partial charge in [-0.25, -0.2) is 4.79 Å². The highest BCUT2D eigenvalue weighted by atomic mass is 16.4. The van der Waals surface area contributed by atoms with Crippen LogP contribution < -0.4 is 10.6 Å². The number of unbranched alkanes of at least 4 members (excludes halogenated alkanes) is 1. The maximum Gasteiger partial charge on any atom is 0.326 e. The predicted molar refractivity (Wildman–Crippen MR) is 86.8 cm³/mol. The molecule has 2 atom stereocenters. The molecule has 0 radical (unpaired) electrons. The van der Waals surface area contributed by atoms with E-state index in [4.69, 9.17) is 0 Å². The molecule has 0 fully saturated rings. The fraction of sp³-hybridized carbons (Fsp3) is 0.471. The van der Waals surface area contributed by atoms with E-state index in [1.807, 2.05) is 37.3 Å². The van der Waals surface area contributed by atoms with Crippen molar-refractivity contribution in [2.24, 2.45) is 0 Å². The fourth-order valence-electron chi connectivity index (χ4n) is 2.24. The fourth-order valence-corrected chi connectivity index (χ4v) is 2.24. The number of carboxylic acids is 1. The average molecular weight is 320 g/mol. The quantitative estimate of drug-likeness (QED) is 0.642. The zero-order valence-electron chi connectivity index (χ0n) is 13.5. The Kier molecular flexibility index (Phi) is 7.80. The van der Waals surface area contributed by atoms with Crippen molar-refractivity contribution in [3.63, 3.8) is 0 Å². The van der Waals surface area contributed by atoms with E-state index in [9.17, 15) is 19.5 Å². The molecule has 0 saturated carbocycles. The molecule has 0 aliphatic rings. The van der Waals surface area contributed by atoms with E-state index in [0.717, 1.165) is 12.0 Å². The van der Waals surface area contributed by atoms with Gasteiger partial charge in [0.05, 0.1) is 0 Å². The van der Waals surface area contributed by atoms with Crippen LogP contribution in [0.3, 0.4) is 0 Å². The van der Waals surface area contributed by atoms with E-state index in [0.29, 0.717) is 19.3 Å². The number of nitrogens with one attached hydrogen (secondary N) is 2. The van der Waals surface area contributed by atoms with Gasteiger partial charge in [0.2, 0.25) is 11.8 Å². The Bertz CT molecular complexity index is 531. The van der Waals surface area contributed by atoms with Crippen molar-refractivity contribution in [3.05, 3.63) is 35.9 Å². The largest absolute Gasteiger partial charge is 0.480 e. The summed E-state index contributed by atoms with van der Waals surface area (Å²) in [4.78, 5) is 34.9. The van der Waals surface area contributed by atoms with Crippen molar-refractivity contribution >= 4 is 17.8 Å². The van der Waals surface area contributed by atoms with Crippen molar-refractivity contribution in [1.29, 1.82) is 0 Å². The highest BCUT2D eigenvalue weighted by molar-refractivity contribution is 5.90. The van der Waals surface area contributed by atoms with Crippen LogP contribution >= 0.6 is 0 Å². The van der Waals surface area contributed by atoms with Crippen LogP contribution in [-0.2, 0) is 20.8 Å². The second kappa shape index (κ2) is 9.61. The maximum atomic E-state index is 12.4. The molecule has 6 heteroatoms. The van der Waals surface area contributed by atoms with Gasteiger partial charge in [-0.3, -0.25) is 9.59 Å². The molecule has 0 spiro atoms. The Balaban J connectivity index is 2.77. The van der Waals surface area contributed by atoms with E-state index in [2.05, 4.69) is 10.6 Å². The summed E-state index contributed by atoms with van der Waals surface area (Å²) in [5, 5.41) is 14.3. The zero-order valence-corrected chi connectivity index (χ0v) is 13.5. The number of amides is 2. The molecule has 1 aromatic carbocycles. The molecule has 0 unspecified atom stereocenters. The highest BCUT2D eigenvalue weighted by Gasteiger charge is 2.25. The van der Waals surface area contributed by atoms with Gasteiger partial charge >= 0.3 is 5.97 Å². The van der Waals surface area contributed by atoms with Gasteiger partial charge in [0.15, 0.2) is 0 Å². The second-order valence-electron chi connectivity index (χ2n) is 5.48. The average Bonchev–Trinajstić information content (AvgIpc) is 2.50. The maximum absolute atomic E-state index is 12.4. The van der Waals surface area contributed by atoms with Crippen LogP contribution in [0.1, 0.15) is 38.7 Å². The Morgan fingerprint density at radius 3 is 2.26 bits per heavy atom. The molecule has 126 valence electrons. The van der Waals surface area contributed by atoms with Crippen LogP contribution in [0.5, 0.6) is 0 Å². The summed E-state index contributed by atoms with van der Waals surface area (Å²) >= 11 is 0. The number of hydrogen-bond donors (Lipinski definition) is 3. The normalized spacial score (nSPS) is 13.0. The summed E-state index contributed by atoms with van der Waals surface area (Å²) < 4.78 is 0. The van der Waals surface area contributed by atoms with E-state index in [1.165, 1.54) is 6.92 Å². The molecule has 0 bridgehead atoms. The number of carbonyl (C=O) groups is 3. The van der Waals surface area contributed by atoms with Gasteiger partial charge in [0, 0.05) is 13.3 Å². The number of carbonyl (C=O) groups excluding carboxylic acids is 2. The lowest BCUT2D eigenvalue weighted by Crippen LogP contribution is -2.52. The summed E-state index contributed by atoms with van der Waals surface area (Å²) in [6, 6.07) is 7.54. The van der Waals surface area contributed by atoms with Gasteiger partial charge in [-0.05, 0) is 12.0 Å². The lowest BCUT2D eigenvalue weighted by atomic mass is 10.0. The molecule has 0 aliphatic carbocycles. The molecule has 0 saturated heterocycles. The monoisotopic (exact) mass is 320 g/mol. The molecule has 6 nitrogen and oxygen atoms in total. The number of carboxylic acid groups (broad SMARTS) is 1. The van der Waals surface area contributed by atoms with Gasteiger partial charge in [-0.1, -0.05) is 50.1 Å². The van der Waals surface area contributed by atoms with Crippen LogP contribution in [-0.4, -0.2) is 35.0 Å². The van der Waals surface area contributed by atoms with E-state index in [-0.39, 0.29) is 5.91 Å². The van der Waals surface area contributed by atoms with Crippen LogP contribution in [0.15, 0.2) is 30.3 Å². The first-order valence-corrected chi connectivity index (χ1v) is 7.78. The molecule has 0 heterocycles. The lowest BCUT2D eigenvalue weighted by Gasteiger charge is -2.21. The Labute approximate surface area is 136 Å². The molecule has 2 amide bonds. The molecule has 0 aliphatic heterocycles. The van der Waals surface area contributed by atoms with Gasteiger partial charge in [0.25, 0.3) is 0 Å². The number of aliphatic carboxylic acids is 1. The summed E-state index contributed by atoms with van der Waals surface area (Å²) in [5.74, 6) is -1.87. The van der Waals surface area contributed by atoms with Crippen LogP contribution in [0.2, 0.25) is 0 Å². The Morgan fingerprint density at radius 2 is 1.74 bits per heavy atom. The summed E-state index contributed by atoms with van der Waals surface area (Å²) in [6.45, 7) is 3.28. The lowest BCUT2D eigenvalue weighted by molar-refractivity contribution is -0.142. The Hall–Kier alpha value is -2.37. The van der Waals surface area contributed by atoms with Gasteiger partial charge < -0.3 is 15.7 Å². The number of benzene rings is 1. The molecular formula is C17H24N2O4. The van der Waals surface area contributed by atoms with Crippen molar-refractivity contribution in [2.75, 3.05) is 0 Å². The smallest absolute Gasteiger partial charge is 0.326 e. The third-order valence-electron chi connectivity index (χ3n) is 3.44. The summed E-state index contributed by atoms with van der Waals surface area (Å²) in [5.41, 5.74) is 0.891. The Morgan fingerprint density at radius 1 is 1.09 bits per heavy atom. The van der Waals surface area contributed by atoms with E-state index >= 15 is 0 Å². The number of rotatable bonds is 9. The zero-order chi connectivity index (χ0) is 17.2.